The Hall–Kier alpha value is -0.860. The van der Waals surface area contributed by atoms with Gasteiger partial charge in [0.25, 0.3) is 0 Å². The summed E-state index contributed by atoms with van der Waals surface area (Å²) in [6.45, 7) is 9.98. The van der Waals surface area contributed by atoms with Crippen molar-refractivity contribution >= 4 is 0 Å². The van der Waals surface area contributed by atoms with Crippen LogP contribution in [0.4, 0.5) is 0 Å². The number of nitrogens with two attached hydrogens (primary N) is 1. The molecule has 0 saturated carbocycles. The van der Waals surface area contributed by atoms with Crippen LogP contribution in [0, 0.1) is 5.41 Å². The first-order chi connectivity index (χ1) is 8.51. The number of nitrogens with zero attached hydrogens (tertiary/aromatic N) is 1. The zero-order valence-electron chi connectivity index (χ0n) is 11.9. The maximum atomic E-state index is 6.26. The molecule has 2 rings (SSSR count). The zero-order chi connectivity index (χ0) is 13.2. The molecule has 0 bridgehead atoms. The van der Waals surface area contributed by atoms with Crippen LogP contribution < -0.4 is 5.73 Å². The highest BCUT2D eigenvalue weighted by atomic mass is 15.1. The van der Waals surface area contributed by atoms with Crippen molar-refractivity contribution in [3.63, 3.8) is 0 Å². The Morgan fingerprint density at radius 1 is 1.22 bits per heavy atom. The molecule has 1 heterocycles. The van der Waals surface area contributed by atoms with Gasteiger partial charge >= 0.3 is 0 Å². The van der Waals surface area contributed by atoms with Crippen LogP contribution in [0.25, 0.3) is 0 Å². The molecule has 1 aliphatic heterocycles. The van der Waals surface area contributed by atoms with Crippen LogP contribution in [0.3, 0.4) is 0 Å². The lowest BCUT2D eigenvalue weighted by atomic mass is 9.78. The van der Waals surface area contributed by atoms with E-state index in [-0.39, 0.29) is 0 Å². The van der Waals surface area contributed by atoms with E-state index >= 15 is 0 Å². The van der Waals surface area contributed by atoms with Crippen LogP contribution in [-0.4, -0.2) is 24.0 Å². The Kier molecular flexibility index (Phi) is 4.08. The van der Waals surface area contributed by atoms with Gasteiger partial charge in [-0.3, -0.25) is 4.90 Å². The van der Waals surface area contributed by atoms with Gasteiger partial charge in [0.1, 0.15) is 0 Å². The van der Waals surface area contributed by atoms with Crippen molar-refractivity contribution < 1.29 is 0 Å². The van der Waals surface area contributed by atoms with E-state index in [1.165, 1.54) is 17.5 Å². The molecular weight excluding hydrogens is 220 g/mol. The third-order valence-electron chi connectivity index (χ3n) is 4.37. The minimum Gasteiger partial charge on any atom is -0.326 e. The number of hydrogen-bond donors (Lipinski definition) is 1. The molecule has 1 fully saturated rings. The Balaban J connectivity index is 1.94. The largest absolute Gasteiger partial charge is 0.326 e. The molecule has 2 nitrogen and oxygen atoms in total. The smallest absolute Gasteiger partial charge is 0.0234 e. The van der Waals surface area contributed by atoms with Crippen molar-refractivity contribution in [2.45, 2.75) is 46.2 Å². The number of hydrogen-bond acceptors (Lipinski definition) is 2. The second kappa shape index (κ2) is 5.41. The summed E-state index contributed by atoms with van der Waals surface area (Å²) in [7, 11) is 0. The van der Waals surface area contributed by atoms with Crippen molar-refractivity contribution in [2.24, 2.45) is 11.1 Å². The van der Waals surface area contributed by atoms with Gasteiger partial charge in [0.15, 0.2) is 0 Å². The summed E-state index contributed by atoms with van der Waals surface area (Å²) in [5, 5.41) is 0. The molecule has 0 amide bonds. The summed E-state index contributed by atoms with van der Waals surface area (Å²) >= 11 is 0. The third-order valence-corrected chi connectivity index (χ3v) is 4.37. The molecule has 0 aromatic heterocycles. The summed E-state index contributed by atoms with van der Waals surface area (Å²) in [5.41, 5.74) is 9.37. The second-order valence-electron chi connectivity index (χ2n) is 6.25. The van der Waals surface area contributed by atoms with Crippen molar-refractivity contribution in [2.75, 3.05) is 13.1 Å². The van der Waals surface area contributed by atoms with Crippen LogP contribution >= 0.6 is 0 Å². The molecule has 1 saturated heterocycles. The van der Waals surface area contributed by atoms with Crippen LogP contribution in [0.1, 0.15) is 38.3 Å². The van der Waals surface area contributed by atoms with Gasteiger partial charge in [-0.1, -0.05) is 45.0 Å². The minimum atomic E-state index is 0.293. The maximum absolute atomic E-state index is 6.26. The van der Waals surface area contributed by atoms with E-state index in [0.29, 0.717) is 11.5 Å². The van der Waals surface area contributed by atoms with Gasteiger partial charge in [0.2, 0.25) is 0 Å². The Morgan fingerprint density at radius 2 is 1.83 bits per heavy atom. The number of piperidine rings is 1. The van der Waals surface area contributed by atoms with Gasteiger partial charge in [-0.25, -0.2) is 0 Å². The number of rotatable bonds is 3. The standard InChI is InChI=1S/C16H26N2/c1-4-13-5-7-14(8-6-13)11-18-10-9-16(2,3)15(17)12-18/h5-8,15H,4,9-12,17H2,1-3H3. The number of aryl methyl sites for hydroxylation is 1. The minimum absolute atomic E-state index is 0.293. The second-order valence-corrected chi connectivity index (χ2v) is 6.25. The fourth-order valence-electron chi connectivity index (χ4n) is 2.53. The first-order valence-corrected chi connectivity index (χ1v) is 7.07. The molecule has 1 atom stereocenters. The quantitative estimate of drug-likeness (QED) is 0.888. The summed E-state index contributed by atoms with van der Waals surface area (Å²) < 4.78 is 0. The van der Waals surface area contributed by atoms with E-state index in [4.69, 9.17) is 5.73 Å². The summed E-state index contributed by atoms with van der Waals surface area (Å²) in [4.78, 5) is 2.48. The molecule has 1 aromatic rings. The van der Waals surface area contributed by atoms with Crippen molar-refractivity contribution in [1.82, 2.24) is 4.90 Å². The molecular formula is C16H26N2. The van der Waals surface area contributed by atoms with Crippen LogP contribution in [0.15, 0.2) is 24.3 Å². The van der Waals surface area contributed by atoms with Gasteiger partial charge < -0.3 is 5.73 Å². The molecule has 2 heteroatoms. The highest BCUT2D eigenvalue weighted by Crippen LogP contribution is 2.29. The summed E-state index contributed by atoms with van der Waals surface area (Å²) in [6, 6.07) is 9.28. The Morgan fingerprint density at radius 3 is 2.39 bits per heavy atom. The normalized spacial score (nSPS) is 24.1. The van der Waals surface area contributed by atoms with Crippen LogP contribution in [-0.2, 0) is 13.0 Å². The number of likely N-dealkylation sites (tertiary alicyclic amines) is 1. The molecule has 0 aliphatic carbocycles. The number of benzene rings is 1. The van der Waals surface area contributed by atoms with Crippen molar-refractivity contribution in [3.8, 4) is 0 Å². The summed E-state index contributed by atoms with van der Waals surface area (Å²) in [6.07, 6.45) is 2.31. The van der Waals surface area contributed by atoms with E-state index < -0.39 is 0 Å². The Bertz CT molecular complexity index is 381. The molecule has 100 valence electrons. The highest BCUT2D eigenvalue weighted by Gasteiger charge is 2.32. The van der Waals surface area contributed by atoms with E-state index in [1.54, 1.807) is 0 Å². The first kappa shape index (κ1) is 13.6. The molecule has 1 aliphatic rings. The average Bonchev–Trinajstić information content (AvgIpc) is 2.35. The molecule has 1 aromatic carbocycles. The fraction of sp³-hybridized carbons (Fsp3) is 0.625. The van der Waals surface area contributed by atoms with E-state index in [1.807, 2.05) is 0 Å². The van der Waals surface area contributed by atoms with Crippen molar-refractivity contribution in [1.29, 1.82) is 0 Å². The van der Waals surface area contributed by atoms with Crippen LogP contribution in [0.5, 0.6) is 0 Å². The Labute approximate surface area is 111 Å². The van der Waals surface area contributed by atoms with E-state index in [2.05, 4.69) is 49.9 Å². The SMILES string of the molecule is CCc1ccc(CN2CCC(C)(C)C(N)C2)cc1. The molecule has 0 spiro atoms. The van der Waals surface area contributed by atoms with E-state index in [9.17, 15) is 0 Å². The monoisotopic (exact) mass is 246 g/mol. The summed E-state index contributed by atoms with van der Waals surface area (Å²) in [5.74, 6) is 0. The van der Waals surface area contributed by atoms with Gasteiger partial charge in [-0.15, -0.1) is 0 Å². The molecule has 2 N–H and O–H groups in total. The maximum Gasteiger partial charge on any atom is 0.0234 e. The fourth-order valence-corrected chi connectivity index (χ4v) is 2.53. The predicted octanol–water partition coefficient (Wildman–Crippen LogP) is 2.81. The average molecular weight is 246 g/mol. The van der Waals surface area contributed by atoms with Crippen molar-refractivity contribution in [3.05, 3.63) is 35.4 Å². The van der Waals surface area contributed by atoms with Gasteiger partial charge in [0.05, 0.1) is 0 Å². The third kappa shape index (κ3) is 3.12. The van der Waals surface area contributed by atoms with Gasteiger partial charge in [-0.05, 0) is 35.9 Å². The zero-order valence-corrected chi connectivity index (χ0v) is 11.9. The highest BCUT2D eigenvalue weighted by molar-refractivity contribution is 5.22. The topological polar surface area (TPSA) is 29.3 Å². The van der Waals surface area contributed by atoms with E-state index in [0.717, 1.165) is 26.1 Å². The molecule has 0 radical (unpaired) electrons. The lowest BCUT2D eigenvalue weighted by molar-refractivity contribution is 0.101. The molecule has 18 heavy (non-hydrogen) atoms. The predicted molar refractivity (Wildman–Crippen MR) is 77.5 cm³/mol. The van der Waals surface area contributed by atoms with Gasteiger partial charge in [-0.2, -0.15) is 0 Å². The first-order valence-electron chi connectivity index (χ1n) is 7.07. The van der Waals surface area contributed by atoms with Gasteiger partial charge in [0, 0.05) is 19.1 Å². The van der Waals surface area contributed by atoms with Crippen LogP contribution in [0.2, 0.25) is 0 Å². The lowest BCUT2D eigenvalue weighted by Crippen LogP contribution is -2.52. The molecule has 1 unspecified atom stereocenters. The lowest BCUT2D eigenvalue weighted by Gasteiger charge is -2.42.